The van der Waals surface area contributed by atoms with Crippen LogP contribution in [-0.2, 0) is 20.8 Å². The van der Waals surface area contributed by atoms with E-state index in [4.69, 9.17) is 35.0 Å². The molecule has 1 aliphatic heterocycles. The minimum Gasteiger partial charge on any atom is -0.406 e. The van der Waals surface area contributed by atoms with Crippen LogP contribution in [0.15, 0.2) is 42.6 Å². The number of alkyl halides is 3. The number of likely N-dealkylation sites (tertiary alicyclic amines) is 1. The van der Waals surface area contributed by atoms with Crippen molar-refractivity contribution in [1.29, 1.82) is 0 Å². The van der Waals surface area contributed by atoms with Crippen LogP contribution < -0.4 is 10.1 Å². The quantitative estimate of drug-likeness (QED) is 0.267. The molecule has 3 aromatic rings. The van der Waals surface area contributed by atoms with Crippen LogP contribution in [0.3, 0.4) is 0 Å². The lowest BCUT2D eigenvalue weighted by molar-refractivity contribution is -0.274. The number of anilines is 1. The Bertz CT molecular complexity index is 1400. The standard InChI is InChI=1S/C20H22F3N5O.2H2O4S/c1-27-9-7-14(8-10-27)12-24-18-5-6-19-25-13-17(28(19)26-18)15-3-2-4-16(11-15)29-20(21,22)23;2*1-5(2,3)4/h2-6,11,13-14H,7-10,12H2,1H3,(H,24,26);2*(H2,1,2,3,4). The third-order valence-corrected chi connectivity index (χ3v) is 5.14. The van der Waals surface area contributed by atoms with Crippen molar-refractivity contribution in [3.05, 3.63) is 42.6 Å². The molecule has 19 heteroatoms. The molecule has 4 rings (SSSR count). The number of piperidine rings is 1. The second-order valence-electron chi connectivity index (χ2n) is 8.23. The Morgan fingerprint density at radius 3 is 2.18 bits per heavy atom. The molecule has 0 radical (unpaired) electrons. The second kappa shape index (κ2) is 13.3. The molecule has 0 unspecified atom stereocenters. The molecular formula is C20H26F3N5O9S2. The Morgan fingerprint density at radius 2 is 1.62 bits per heavy atom. The highest BCUT2D eigenvalue weighted by Gasteiger charge is 2.31. The minimum absolute atomic E-state index is 0.276. The zero-order valence-corrected chi connectivity index (χ0v) is 21.9. The zero-order valence-electron chi connectivity index (χ0n) is 20.2. The van der Waals surface area contributed by atoms with E-state index in [1.165, 1.54) is 18.2 Å². The molecule has 14 nitrogen and oxygen atoms in total. The molecule has 1 fully saturated rings. The SMILES string of the molecule is CN1CCC(CNc2ccc3ncc(-c4cccc(OC(F)(F)F)c4)n3n2)CC1.O=S(=O)(O)O.O=S(=O)(O)O. The monoisotopic (exact) mass is 601 g/mol. The van der Waals surface area contributed by atoms with Crippen LogP contribution in [0.5, 0.6) is 5.75 Å². The smallest absolute Gasteiger partial charge is 0.406 e. The van der Waals surface area contributed by atoms with Gasteiger partial charge < -0.3 is 15.0 Å². The predicted octanol–water partition coefficient (Wildman–Crippen LogP) is 2.74. The first-order valence-corrected chi connectivity index (χ1v) is 13.7. The zero-order chi connectivity index (χ0) is 29.4. The van der Waals surface area contributed by atoms with E-state index in [1.54, 1.807) is 16.8 Å². The summed E-state index contributed by atoms with van der Waals surface area (Å²) in [7, 11) is -7.20. The van der Waals surface area contributed by atoms with E-state index in [1.807, 2.05) is 12.1 Å². The van der Waals surface area contributed by atoms with Gasteiger partial charge in [-0.05, 0) is 63.2 Å². The number of rotatable bonds is 5. The number of hydrogen-bond donors (Lipinski definition) is 5. The molecule has 0 amide bonds. The van der Waals surface area contributed by atoms with E-state index in [0.717, 1.165) is 32.5 Å². The van der Waals surface area contributed by atoms with Crippen molar-refractivity contribution in [1.82, 2.24) is 19.5 Å². The highest BCUT2D eigenvalue weighted by atomic mass is 32.3. The van der Waals surface area contributed by atoms with Gasteiger partial charge in [0.15, 0.2) is 5.65 Å². The fourth-order valence-electron chi connectivity index (χ4n) is 3.53. The summed E-state index contributed by atoms with van der Waals surface area (Å²) in [5.74, 6) is 1.03. The van der Waals surface area contributed by atoms with Gasteiger partial charge in [0, 0.05) is 12.1 Å². The first kappa shape index (κ1) is 32.1. The molecular weight excluding hydrogens is 575 g/mol. The Balaban J connectivity index is 0.000000458. The molecule has 2 aromatic heterocycles. The summed E-state index contributed by atoms with van der Waals surface area (Å²) < 4.78 is 106. The van der Waals surface area contributed by atoms with Crippen molar-refractivity contribution in [3.63, 3.8) is 0 Å². The van der Waals surface area contributed by atoms with Gasteiger partial charge in [-0.3, -0.25) is 18.2 Å². The third-order valence-electron chi connectivity index (χ3n) is 5.14. The molecule has 0 bridgehead atoms. The molecule has 1 saturated heterocycles. The largest absolute Gasteiger partial charge is 0.573 e. The molecule has 0 aliphatic carbocycles. The molecule has 3 heterocycles. The minimum atomic E-state index is -4.73. The molecule has 1 aromatic carbocycles. The topological polar surface area (TPSA) is 204 Å². The summed E-state index contributed by atoms with van der Waals surface area (Å²) >= 11 is 0. The fourth-order valence-corrected chi connectivity index (χ4v) is 3.53. The van der Waals surface area contributed by atoms with Gasteiger partial charge in [-0.2, -0.15) is 16.8 Å². The summed E-state index contributed by atoms with van der Waals surface area (Å²) in [6.07, 6.45) is -0.848. The molecule has 0 spiro atoms. The van der Waals surface area contributed by atoms with Crippen LogP contribution in [0.2, 0.25) is 0 Å². The van der Waals surface area contributed by atoms with Gasteiger partial charge in [0.1, 0.15) is 11.6 Å². The van der Waals surface area contributed by atoms with Gasteiger partial charge in [-0.15, -0.1) is 18.3 Å². The van der Waals surface area contributed by atoms with Crippen LogP contribution in [0.4, 0.5) is 19.0 Å². The van der Waals surface area contributed by atoms with Crippen molar-refractivity contribution in [2.45, 2.75) is 19.2 Å². The maximum absolute atomic E-state index is 12.5. The highest BCUT2D eigenvalue weighted by Crippen LogP contribution is 2.28. The number of nitrogens with zero attached hydrogens (tertiary/aromatic N) is 4. The molecule has 0 atom stereocenters. The number of nitrogens with one attached hydrogen (secondary N) is 1. The van der Waals surface area contributed by atoms with Crippen LogP contribution >= 0.6 is 0 Å². The average molecular weight is 602 g/mol. The van der Waals surface area contributed by atoms with E-state index in [0.29, 0.717) is 28.6 Å². The van der Waals surface area contributed by atoms with Gasteiger partial charge in [0.25, 0.3) is 0 Å². The first-order chi connectivity index (χ1) is 17.9. The Hall–Kier alpha value is -3.07. The number of aromatic nitrogens is 3. The Labute approximate surface area is 221 Å². The van der Waals surface area contributed by atoms with Crippen molar-refractivity contribution in [2.24, 2.45) is 5.92 Å². The number of imidazole rings is 1. The Morgan fingerprint density at radius 1 is 1.03 bits per heavy atom. The van der Waals surface area contributed by atoms with E-state index in [-0.39, 0.29) is 5.75 Å². The van der Waals surface area contributed by atoms with Gasteiger partial charge in [-0.1, -0.05) is 12.1 Å². The van der Waals surface area contributed by atoms with Crippen LogP contribution in [-0.4, -0.2) is 87.6 Å². The van der Waals surface area contributed by atoms with Crippen molar-refractivity contribution in [2.75, 3.05) is 32.0 Å². The van der Waals surface area contributed by atoms with E-state index < -0.39 is 27.2 Å². The molecule has 5 N–H and O–H groups in total. The van der Waals surface area contributed by atoms with Gasteiger partial charge in [0.2, 0.25) is 0 Å². The van der Waals surface area contributed by atoms with E-state index >= 15 is 0 Å². The summed E-state index contributed by atoms with van der Waals surface area (Å²) in [5.41, 5.74) is 1.75. The van der Waals surface area contributed by atoms with Crippen LogP contribution in [0.1, 0.15) is 12.8 Å². The number of halogens is 3. The highest BCUT2D eigenvalue weighted by molar-refractivity contribution is 7.80. The normalized spacial score (nSPS) is 15.1. The maximum atomic E-state index is 12.5. The van der Waals surface area contributed by atoms with E-state index in [9.17, 15) is 13.2 Å². The molecule has 39 heavy (non-hydrogen) atoms. The third kappa shape index (κ3) is 13.5. The van der Waals surface area contributed by atoms with Crippen molar-refractivity contribution >= 4 is 32.3 Å². The number of benzene rings is 1. The lowest BCUT2D eigenvalue weighted by atomic mass is 9.97. The predicted molar refractivity (Wildman–Crippen MR) is 132 cm³/mol. The first-order valence-electron chi connectivity index (χ1n) is 10.9. The van der Waals surface area contributed by atoms with Crippen molar-refractivity contribution < 1.29 is 53.0 Å². The maximum Gasteiger partial charge on any atom is 0.573 e. The lowest BCUT2D eigenvalue weighted by Gasteiger charge is -2.29. The van der Waals surface area contributed by atoms with Gasteiger partial charge in [0.05, 0.1) is 11.9 Å². The van der Waals surface area contributed by atoms with Crippen LogP contribution in [0.25, 0.3) is 16.9 Å². The summed E-state index contributed by atoms with van der Waals surface area (Å²) in [4.78, 5) is 6.63. The van der Waals surface area contributed by atoms with Gasteiger partial charge in [-0.25, -0.2) is 9.50 Å². The molecule has 1 aliphatic rings. The lowest BCUT2D eigenvalue weighted by Crippen LogP contribution is -2.33. The van der Waals surface area contributed by atoms with Crippen LogP contribution in [0, 0.1) is 5.92 Å². The second-order valence-corrected chi connectivity index (χ2v) is 10.0. The fraction of sp³-hybridized carbons (Fsp3) is 0.400. The molecule has 0 saturated carbocycles. The Kier molecular flexibility index (Phi) is 11.0. The van der Waals surface area contributed by atoms with Crippen molar-refractivity contribution in [3.8, 4) is 17.0 Å². The van der Waals surface area contributed by atoms with Gasteiger partial charge >= 0.3 is 27.2 Å². The summed E-state index contributed by atoms with van der Waals surface area (Å²) in [6.45, 7) is 3.03. The summed E-state index contributed by atoms with van der Waals surface area (Å²) in [5, 5.41) is 7.97. The molecule has 218 valence electrons. The average Bonchev–Trinajstić information content (AvgIpc) is 3.19. The number of hydrogen-bond acceptors (Lipinski definition) is 9. The summed E-state index contributed by atoms with van der Waals surface area (Å²) in [6, 6.07) is 9.51. The number of ether oxygens (including phenoxy) is 1. The number of fused-ring (bicyclic) bond motifs is 1. The van der Waals surface area contributed by atoms with E-state index in [2.05, 4.69) is 32.1 Å².